The second-order valence-electron chi connectivity index (χ2n) is 16.2. The summed E-state index contributed by atoms with van der Waals surface area (Å²) < 4.78 is 35.6. The Balaban J connectivity index is 1.13. The van der Waals surface area contributed by atoms with E-state index in [9.17, 15) is 5.26 Å². The van der Waals surface area contributed by atoms with Crippen molar-refractivity contribution in [2.24, 2.45) is 0 Å². The maximum absolute atomic E-state index is 15.6. The Morgan fingerprint density at radius 2 is 0.818 bits per heavy atom. The summed E-state index contributed by atoms with van der Waals surface area (Å²) in [6, 6.07) is 68.6. The molecule has 8 heteroatoms. The van der Waals surface area contributed by atoms with E-state index in [0.717, 1.165) is 77.1 Å². The third-order valence-corrected chi connectivity index (χ3v) is 12.4. The summed E-state index contributed by atoms with van der Waals surface area (Å²) in [5.41, 5.74) is 10.1. The number of hydrogen-bond acceptors (Lipinski definition) is 4. The number of nitrogens with zero attached hydrogens (tertiary/aromatic N) is 6. The molecule has 310 valence electrons. The number of rotatable bonds is 7. The number of hydrogen-bond donors (Lipinski definition) is 0. The van der Waals surface area contributed by atoms with Gasteiger partial charge in [-0.25, -0.2) is 23.7 Å². The zero-order valence-electron chi connectivity index (χ0n) is 35.1. The van der Waals surface area contributed by atoms with Crippen LogP contribution in [0.5, 0.6) is 0 Å². The van der Waals surface area contributed by atoms with E-state index >= 15 is 8.78 Å². The average molecular weight is 853 g/mol. The van der Waals surface area contributed by atoms with Crippen molar-refractivity contribution in [2.75, 3.05) is 0 Å². The van der Waals surface area contributed by atoms with Crippen LogP contribution in [-0.4, -0.2) is 24.1 Å². The van der Waals surface area contributed by atoms with Gasteiger partial charge in [-0.2, -0.15) is 5.26 Å². The van der Waals surface area contributed by atoms with Gasteiger partial charge in [-0.15, -0.1) is 0 Å². The highest BCUT2D eigenvalue weighted by Crippen LogP contribution is 2.43. The van der Waals surface area contributed by atoms with Crippen LogP contribution in [0.1, 0.15) is 5.56 Å². The van der Waals surface area contributed by atoms with Crippen molar-refractivity contribution < 1.29 is 8.78 Å². The Kier molecular flexibility index (Phi) is 9.14. The lowest BCUT2D eigenvalue weighted by Gasteiger charge is -2.17. The molecule has 0 aliphatic rings. The van der Waals surface area contributed by atoms with Gasteiger partial charge in [0.2, 0.25) is 0 Å². The summed E-state index contributed by atoms with van der Waals surface area (Å²) in [5.74, 6) is 0.246. The molecule has 3 aromatic heterocycles. The molecule has 0 spiro atoms. The lowest BCUT2D eigenvalue weighted by Crippen LogP contribution is -2.02. The highest BCUT2D eigenvalue weighted by molar-refractivity contribution is 6.12. The van der Waals surface area contributed by atoms with E-state index in [-0.39, 0.29) is 11.1 Å². The molecular formula is C58H34F2N6. The molecule has 0 fully saturated rings. The number of aromatic nitrogens is 5. The van der Waals surface area contributed by atoms with E-state index in [1.807, 2.05) is 83.4 Å². The SMILES string of the molecule is N#Cc1ccc(-n2c3ccccc3c3cc(-c4cc(-c5nc(-c6ccccc6)nc(-c6ccccc6)n5)ccc4-n4c5ccccc5c5ccccc54)ccc32)c(-c2c(F)cccc2F)c1. The monoisotopic (exact) mass is 852 g/mol. The van der Waals surface area contributed by atoms with Crippen molar-refractivity contribution in [3.05, 3.63) is 223 Å². The van der Waals surface area contributed by atoms with Crippen molar-refractivity contribution in [3.8, 4) is 73.9 Å². The van der Waals surface area contributed by atoms with Crippen molar-refractivity contribution in [2.45, 2.75) is 0 Å². The molecule has 0 aliphatic heterocycles. The van der Waals surface area contributed by atoms with Crippen molar-refractivity contribution in [1.82, 2.24) is 24.1 Å². The van der Waals surface area contributed by atoms with Gasteiger partial charge in [0.25, 0.3) is 0 Å². The molecule has 0 saturated carbocycles. The summed E-state index contributed by atoms with van der Waals surface area (Å²) in [4.78, 5) is 15.2. The van der Waals surface area contributed by atoms with E-state index in [1.165, 1.54) is 18.2 Å². The maximum atomic E-state index is 15.6. The first-order chi connectivity index (χ1) is 32.5. The minimum Gasteiger partial charge on any atom is -0.309 e. The van der Waals surface area contributed by atoms with Crippen LogP contribution in [-0.2, 0) is 0 Å². The van der Waals surface area contributed by atoms with Gasteiger partial charge in [0, 0.05) is 49.4 Å². The Bertz CT molecular complexity index is 3790. The first kappa shape index (κ1) is 38.6. The van der Waals surface area contributed by atoms with Crippen molar-refractivity contribution in [1.29, 1.82) is 5.26 Å². The summed E-state index contributed by atoms with van der Waals surface area (Å²) in [6.07, 6.45) is 0. The third kappa shape index (κ3) is 6.33. The van der Waals surface area contributed by atoms with Gasteiger partial charge >= 0.3 is 0 Å². The first-order valence-corrected chi connectivity index (χ1v) is 21.5. The molecule has 0 unspecified atom stereocenters. The van der Waals surface area contributed by atoms with Crippen LogP contribution in [0.25, 0.3) is 111 Å². The van der Waals surface area contributed by atoms with Crippen LogP contribution >= 0.6 is 0 Å². The van der Waals surface area contributed by atoms with Gasteiger partial charge in [0.15, 0.2) is 17.5 Å². The second kappa shape index (κ2) is 15.6. The largest absolute Gasteiger partial charge is 0.309 e. The maximum Gasteiger partial charge on any atom is 0.164 e. The van der Waals surface area contributed by atoms with E-state index in [0.29, 0.717) is 28.7 Å². The predicted octanol–water partition coefficient (Wildman–Crippen LogP) is 14.6. The number of fused-ring (bicyclic) bond motifs is 6. The molecule has 0 bridgehead atoms. The number of benzene rings is 9. The van der Waals surface area contributed by atoms with Gasteiger partial charge < -0.3 is 9.13 Å². The molecule has 12 aromatic rings. The average Bonchev–Trinajstić information content (AvgIpc) is 3.89. The predicted molar refractivity (Wildman–Crippen MR) is 260 cm³/mol. The molecule has 0 amide bonds. The minimum absolute atomic E-state index is 0.191. The van der Waals surface area contributed by atoms with E-state index < -0.39 is 11.6 Å². The highest BCUT2D eigenvalue weighted by atomic mass is 19.1. The van der Waals surface area contributed by atoms with Gasteiger partial charge in [-0.05, 0) is 84.4 Å². The number of para-hydroxylation sites is 3. The number of nitriles is 1. The van der Waals surface area contributed by atoms with Crippen molar-refractivity contribution >= 4 is 43.6 Å². The molecule has 0 radical (unpaired) electrons. The van der Waals surface area contributed by atoms with E-state index in [4.69, 9.17) is 15.0 Å². The molecule has 9 aromatic carbocycles. The van der Waals surface area contributed by atoms with Crippen molar-refractivity contribution in [3.63, 3.8) is 0 Å². The molecule has 0 atom stereocenters. The van der Waals surface area contributed by atoms with Crippen LogP contribution in [0.2, 0.25) is 0 Å². The van der Waals surface area contributed by atoms with Crippen LogP contribution < -0.4 is 0 Å². The molecule has 6 nitrogen and oxygen atoms in total. The fourth-order valence-corrected chi connectivity index (χ4v) is 9.38. The van der Waals surface area contributed by atoms with Gasteiger partial charge in [-0.3, -0.25) is 0 Å². The lowest BCUT2D eigenvalue weighted by molar-refractivity contribution is 0.589. The Morgan fingerprint density at radius 3 is 1.38 bits per heavy atom. The molecule has 12 rings (SSSR count). The summed E-state index contributed by atoms with van der Waals surface area (Å²) in [6.45, 7) is 0. The zero-order valence-corrected chi connectivity index (χ0v) is 35.1. The smallest absolute Gasteiger partial charge is 0.164 e. The summed E-state index contributed by atoms with van der Waals surface area (Å²) in [5, 5.41) is 14.1. The summed E-state index contributed by atoms with van der Waals surface area (Å²) in [7, 11) is 0. The van der Waals surface area contributed by atoms with E-state index in [2.05, 4.69) is 102 Å². The zero-order chi connectivity index (χ0) is 44.3. The fourth-order valence-electron chi connectivity index (χ4n) is 9.38. The second-order valence-corrected chi connectivity index (χ2v) is 16.2. The Hall–Kier alpha value is -9.06. The molecule has 0 saturated heterocycles. The molecular weight excluding hydrogens is 819 g/mol. The normalized spacial score (nSPS) is 11.5. The fraction of sp³-hybridized carbons (Fsp3) is 0. The first-order valence-electron chi connectivity index (χ1n) is 21.5. The quantitative estimate of drug-likeness (QED) is 0.160. The van der Waals surface area contributed by atoms with E-state index in [1.54, 1.807) is 18.2 Å². The molecule has 66 heavy (non-hydrogen) atoms. The van der Waals surface area contributed by atoms with Gasteiger partial charge in [0.1, 0.15) is 11.6 Å². The van der Waals surface area contributed by atoms with Crippen LogP contribution in [0, 0.1) is 23.0 Å². The highest BCUT2D eigenvalue weighted by Gasteiger charge is 2.23. The molecule has 3 heterocycles. The van der Waals surface area contributed by atoms with Gasteiger partial charge in [-0.1, -0.05) is 127 Å². The molecule has 0 N–H and O–H groups in total. The van der Waals surface area contributed by atoms with Crippen LogP contribution in [0.15, 0.2) is 206 Å². The standard InChI is InChI=1S/C58H34F2N6/c59-47-21-13-22-48(60)55(47)46-32-36(35-61)26-29-54(46)66-51-25-12-9-20-43(51)45-33-39(27-30-53(45)66)44-34-40(28-31-52(44)65-49-23-10-7-18-41(49)42-19-8-11-24-50(42)65)58-63-56(37-14-3-1-4-15-37)62-57(64-58)38-16-5-2-6-17-38/h1-34H. The Labute approximate surface area is 377 Å². The summed E-state index contributed by atoms with van der Waals surface area (Å²) >= 11 is 0. The minimum atomic E-state index is -0.711. The molecule has 0 aliphatic carbocycles. The number of halogens is 2. The van der Waals surface area contributed by atoms with Crippen LogP contribution in [0.3, 0.4) is 0 Å². The van der Waals surface area contributed by atoms with Crippen LogP contribution in [0.4, 0.5) is 8.78 Å². The topological polar surface area (TPSA) is 72.3 Å². The van der Waals surface area contributed by atoms with Gasteiger partial charge in [0.05, 0.1) is 50.6 Å². The Morgan fingerprint density at radius 1 is 0.364 bits per heavy atom. The third-order valence-electron chi connectivity index (χ3n) is 12.4. The lowest BCUT2D eigenvalue weighted by atomic mass is 9.98.